The van der Waals surface area contributed by atoms with Crippen molar-refractivity contribution >= 4 is 22.0 Å². The molecule has 1 atom stereocenters. The van der Waals surface area contributed by atoms with E-state index in [2.05, 4.69) is 5.32 Å². The number of hydrogen-bond acceptors (Lipinski definition) is 4. The molecular weight excluding hydrogens is 282 g/mol. The fraction of sp³-hybridized carbons (Fsp3) is 0.833. The van der Waals surface area contributed by atoms with Gasteiger partial charge in [0.05, 0.1) is 6.54 Å². The lowest BCUT2D eigenvalue weighted by Gasteiger charge is -2.43. The maximum Gasteiger partial charge on any atom is 0.283 e. The van der Waals surface area contributed by atoms with Gasteiger partial charge in [-0.05, 0) is 33.6 Å². The van der Waals surface area contributed by atoms with Gasteiger partial charge in [-0.2, -0.15) is 17.0 Å². The molecular formula is C12H21N3O4S. The van der Waals surface area contributed by atoms with Crippen molar-refractivity contribution in [3.05, 3.63) is 0 Å². The Balaban J connectivity index is 2.36. The van der Waals surface area contributed by atoms with E-state index in [0.29, 0.717) is 6.54 Å². The van der Waals surface area contributed by atoms with Crippen LogP contribution < -0.4 is 5.32 Å². The summed E-state index contributed by atoms with van der Waals surface area (Å²) in [6, 6.07) is -0.107. The molecule has 0 aromatic carbocycles. The number of piperidine rings is 1. The summed E-state index contributed by atoms with van der Waals surface area (Å²) in [6.45, 7) is 5.01. The normalized spacial score (nSPS) is 29.2. The number of nitrogens with zero attached hydrogens (tertiary/aromatic N) is 2. The summed E-state index contributed by atoms with van der Waals surface area (Å²) >= 11 is 0. The molecule has 2 saturated heterocycles. The largest absolute Gasteiger partial charge is 0.294 e. The Morgan fingerprint density at radius 2 is 1.90 bits per heavy atom. The van der Waals surface area contributed by atoms with Gasteiger partial charge in [0.25, 0.3) is 10.2 Å². The van der Waals surface area contributed by atoms with Crippen molar-refractivity contribution in [1.29, 1.82) is 0 Å². The molecule has 0 spiro atoms. The average molecular weight is 303 g/mol. The van der Waals surface area contributed by atoms with E-state index in [-0.39, 0.29) is 12.6 Å². The monoisotopic (exact) mass is 303 g/mol. The molecule has 0 saturated carbocycles. The first kappa shape index (κ1) is 15.4. The average Bonchev–Trinajstić information content (AvgIpc) is 2.34. The zero-order valence-corrected chi connectivity index (χ0v) is 12.9. The van der Waals surface area contributed by atoms with Crippen LogP contribution in [0.1, 0.15) is 40.0 Å². The number of piperazine rings is 1. The summed E-state index contributed by atoms with van der Waals surface area (Å²) < 4.78 is 28.0. The molecule has 0 aromatic rings. The minimum atomic E-state index is -3.82. The quantitative estimate of drug-likeness (QED) is 0.718. The van der Waals surface area contributed by atoms with Gasteiger partial charge in [-0.1, -0.05) is 6.42 Å². The first-order valence-electron chi connectivity index (χ1n) is 6.81. The standard InChI is InChI=1S/C12H21N3O4S/c1-9-6-4-5-7-14(9)20(18,19)15-8-10(16)13-11(17)12(15,2)3/h9H,4-8H2,1-3H3,(H,13,16,17). The minimum Gasteiger partial charge on any atom is -0.294 e. The molecule has 2 rings (SSSR count). The number of amides is 2. The second-order valence-electron chi connectivity index (χ2n) is 5.91. The van der Waals surface area contributed by atoms with Crippen LogP contribution in [0, 0.1) is 0 Å². The molecule has 0 aliphatic carbocycles. The lowest BCUT2D eigenvalue weighted by molar-refractivity contribution is -0.141. The van der Waals surface area contributed by atoms with Crippen LogP contribution in [0.15, 0.2) is 0 Å². The SMILES string of the molecule is CC1CCCCN1S(=O)(=O)N1CC(=O)NC(=O)C1(C)C. The Bertz CT molecular complexity index is 529. The Labute approximate surface area is 119 Å². The number of imide groups is 1. The molecule has 2 aliphatic heterocycles. The fourth-order valence-corrected chi connectivity index (χ4v) is 4.78. The van der Waals surface area contributed by atoms with E-state index in [1.165, 1.54) is 18.2 Å². The molecule has 7 nitrogen and oxygen atoms in total. The molecule has 0 radical (unpaired) electrons. The van der Waals surface area contributed by atoms with Crippen LogP contribution in [-0.2, 0) is 19.8 Å². The summed E-state index contributed by atoms with van der Waals surface area (Å²) in [7, 11) is -3.82. The van der Waals surface area contributed by atoms with Crippen molar-refractivity contribution in [1.82, 2.24) is 13.9 Å². The highest BCUT2D eigenvalue weighted by atomic mass is 32.2. The molecule has 1 N–H and O–H groups in total. The maximum absolute atomic E-state index is 12.8. The minimum absolute atomic E-state index is 0.107. The smallest absolute Gasteiger partial charge is 0.283 e. The molecule has 20 heavy (non-hydrogen) atoms. The van der Waals surface area contributed by atoms with E-state index < -0.39 is 27.6 Å². The van der Waals surface area contributed by atoms with Crippen LogP contribution in [0.25, 0.3) is 0 Å². The van der Waals surface area contributed by atoms with Crippen LogP contribution in [0.2, 0.25) is 0 Å². The van der Waals surface area contributed by atoms with Gasteiger partial charge < -0.3 is 0 Å². The van der Waals surface area contributed by atoms with Gasteiger partial charge in [-0.25, -0.2) is 0 Å². The predicted molar refractivity (Wildman–Crippen MR) is 72.9 cm³/mol. The van der Waals surface area contributed by atoms with Gasteiger partial charge >= 0.3 is 0 Å². The van der Waals surface area contributed by atoms with E-state index in [1.54, 1.807) is 0 Å². The van der Waals surface area contributed by atoms with Gasteiger partial charge in [-0.15, -0.1) is 0 Å². The maximum atomic E-state index is 12.8. The Hall–Kier alpha value is -0.990. The molecule has 2 aliphatic rings. The fourth-order valence-electron chi connectivity index (χ4n) is 2.67. The second kappa shape index (κ2) is 5.09. The molecule has 1 unspecified atom stereocenters. The van der Waals surface area contributed by atoms with Crippen molar-refractivity contribution in [2.45, 2.75) is 51.6 Å². The molecule has 2 fully saturated rings. The van der Waals surface area contributed by atoms with E-state index >= 15 is 0 Å². The second-order valence-corrected chi connectivity index (χ2v) is 7.71. The third-order valence-electron chi connectivity index (χ3n) is 4.04. The van der Waals surface area contributed by atoms with Crippen molar-refractivity contribution in [3.8, 4) is 0 Å². The highest BCUT2D eigenvalue weighted by Crippen LogP contribution is 2.28. The van der Waals surface area contributed by atoms with Crippen molar-refractivity contribution in [2.75, 3.05) is 13.1 Å². The molecule has 0 aromatic heterocycles. The Morgan fingerprint density at radius 1 is 1.25 bits per heavy atom. The van der Waals surface area contributed by atoms with Crippen LogP contribution in [0.5, 0.6) is 0 Å². The van der Waals surface area contributed by atoms with E-state index in [9.17, 15) is 18.0 Å². The zero-order chi connectivity index (χ0) is 15.1. The van der Waals surface area contributed by atoms with Crippen molar-refractivity contribution in [3.63, 3.8) is 0 Å². The Kier molecular flexibility index (Phi) is 3.92. The van der Waals surface area contributed by atoms with Gasteiger partial charge in [-0.3, -0.25) is 14.9 Å². The van der Waals surface area contributed by atoms with E-state index in [4.69, 9.17) is 0 Å². The van der Waals surface area contributed by atoms with Crippen LogP contribution in [-0.4, -0.2) is 53.5 Å². The number of hydrogen-bond donors (Lipinski definition) is 1. The number of nitrogens with one attached hydrogen (secondary N) is 1. The summed E-state index contributed by atoms with van der Waals surface area (Å²) in [5.41, 5.74) is -1.26. The first-order valence-corrected chi connectivity index (χ1v) is 8.21. The van der Waals surface area contributed by atoms with Gasteiger partial charge in [0.1, 0.15) is 5.54 Å². The first-order chi connectivity index (χ1) is 9.17. The molecule has 114 valence electrons. The van der Waals surface area contributed by atoms with E-state index in [1.807, 2.05) is 6.92 Å². The highest BCUT2D eigenvalue weighted by molar-refractivity contribution is 7.86. The number of carbonyl (C=O) groups excluding carboxylic acids is 2. The number of carbonyl (C=O) groups is 2. The molecule has 2 amide bonds. The molecule has 0 bridgehead atoms. The summed E-state index contributed by atoms with van der Waals surface area (Å²) in [5.74, 6) is -1.16. The number of rotatable bonds is 2. The zero-order valence-electron chi connectivity index (χ0n) is 12.0. The third kappa shape index (κ3) is 2.47. The van der Waals surface area contributed by atoms with Gasteiger partial charge in [0.15, 0.2) is 0 Å². The van der Waals surface area contributed by atoms with Crippen LogP contribution in [0.3, 0.4) is 0 Å². The Morgan fingerprint density at radius 3 is 2.50 bits per heavy atom. The topological polar surface area (TPSA) is 86.8 Å². The van der Waals surface area contributed by atoms with Crippen LogP contribution >= 0.6 is 0 Å². The molecule has 2 heterocycles. The van der Waals surface area contributed by atoms with Gasteiger partial charge in [0.2, 0.25) is 11.8 Å². The lowest BCUT2D eigenvalue weighted by atomic mass is 10.0. The summed E-state index contributed by atoms with van der Waals surface area (Å²) in [6.07, 6.45) is 2.60. The van der Waals surface area contributed by atoms with Gasteiger partial charge in [0, 0.05) is 12.6 Å². The van der Waals surface area contributed by atoms with Crippen molar-refractivity contribution in [2.24, 2.45) is 0 Å². The summed E-state index contributed by atoms with van der Waals surface area (Å²) in [5, 5.41) is 2.18. The summed E-state index contributed by atoms with van der Waals surface area (Å²) in [4.78, 5) is 23.4. The van der Waals surface area contributed by atoms with Crippen molar-refractivity contribution < 1.29 is 18.0 Å². The van der Waals surface area contributed by atoms with Crippen LogP contribution in [0.4, 0.5) is 0 Å². The van der Waals surface area contributed by atoms with E-state index in [0.717, 1.165) is 23.6 Å². The highest BCUT2D eigenvalue weighted by Gasteiger charge is 2.49. The lowest BCUT2D eigenvalue weighted by Crippen LogP contribution is -2.68. The molecule has 8 heteroatoms. The third-order valence-corrected chi connectivity index (χ3v) is 6.31. The predicted octanol–water partition coefficient (Wildman–Crippen LogP) is -0.157.